The van der Waals surface area contributed by atoms with Crippen molar-refractivity contribution in [2.24, 2.45) is 0 Å². The van der Waals surface area contributed by atoms with E-state index in [1.54, 1.807) is 6.07 Å². The topological polar surface area (TPSA) is 66.5 Å². The molecule has 1 aliphatic rings. The summed E-state index contributed by atoms with van der Waals surface area (Å²) in [5.74, 6) is -3.00. The van der Waals surface area contributed by atoms with Crippen LogP contribution in [0.3, 0.4) is 0 Å². The summed E-state index contributed by atoms with van der Waals surface area (Å²) < 4.78 is 93.3. The Morgan fingerprint density at radius 1 is 1.03 bits per heavy atom. The minimum Gasteiger partial charge on any atom is -0.324 e. The summed E-state index contributed by atoms with van der Waals surface area (Å²) in [7, 11) is -4.12. The predicted molar refractivity (Wildman–Crippen MR) is 123 cm³/mol. The number of carbonyl (C=O) groups is 1. The number of nitrogens with zero attached hydrogens (tertiary/aromatic N) is 1. The van der Waals surface area contributed by atoms with E-state index in [1.807, 2.05) is 0 Å². The van der Waals surface area contributed by atoms with E-state index in [0.717, 1.165) is 16.4 Å². The van der Waals surface area contributed by atoms with Crippen LogP contribution in [0.25, 0.3) is 0 Å². The first-order valence-corrected chi connectivity index (χ1v) is 12.4. The van der Waals surface area contributed by atoms with Crippen molar-refractivity contribution < 1.29 is 35.2 Å². The molecule has 0 spiro atoms. The Morgan fingerprint density at radius 3 is 2.42 bits per heavy atom. The molecule has 0 radical (unpaired) electrons. The Bertz CT molecular complexity index is 1440. The number of carbonyl (C=O) groups excluding carboxylic acids is 1. The lowest BCUT2D eigenvalue weighted by molar-refractivity contribution is -0.140. The first-order chi connectivity index (χ1) is 16.9. The smallest absolute Gasteiger partial charge is 0.324 e. The summed E-state index contributed by atoms with van der Waals surface area (Å²) in [5, 5.41) is 2.77. The van der Waals surface area contributed by atoms with Gasteiger partial charge in [0.05, 0.1) is 22.7 Å². The number of fused-ring (bicyclic) bond motifs is 1. The van der Waals surface area contributed by atoms with E-state index in [-0.39, 0.29) is 35.8 Å². The van der Waals surface area contributed by atoms with Crippen LogP contribution in [0.15, 0.2) is 59.5 Å². The monoisotopic (exact) mass is 544 g/mol. The normalized spacial score (nSPS) is 14.4. The third-order valence-electron chi connectivity index (χ3n) is 5.74. The molecule has 0 bridgehead atoms. The molecule has 3 aromatic rings. The number of alkyl halides is 3. The summed E-state index contributed by atoms with van der Waals surface area (Å²) in [6, 6.07) is 10.3. The SMILES string of the molecule is O=C(Cc1ccc(C(F)(F)F)c(F)c1)Nc1c(Cl)ccc2c1CCN(S(=O)(=O)c1ccccc1F)C2. The van der Waals surface area contributed by atoms with Gasteiger partial charge in [0.25, 0.3) is 0 Å². The average molecular weight is 545 g/mol. The molecular weight excluding hydrogens is 527 g/mol. The second-order valence-corrected chi connectivity index (χ2v) is 10.4. The largest absolute Gasteiger partial charge is 0.419 e. The van der Waals surface area contributed by atoms with Crippen molar-refractivity contribution in [1.82, 2.24) is 4.31 Å². The van der Waals surface area contributed by atoms with Crippen molar-refractivity contribution in [3.05, 3.63) is 93.5 Å². The first kappa shape index (κ1) is 26.1. The fourth-order valence-corrected chi connectivity index (χ4v) is 5.71. The Kier molecular flexibility index (Phi) is 7.09. The van der Waals surface area contributed by atoms with Crippen LogP contribution in [-0.2, 0) is 40.4 Å². The van der Waals surface area contributed by atoms with Gasteiger partial charge in [-0.3, -0.25) is 4.79 Å². The highest BCUT2D eigenvalue weighted by atomic mass is 35.5. The second kappa shape index (κ2) is 9.79. The third-order valence-corrected chi connectivity index (χ3v) is 7.93. The maximum Gasteiger partial charge on any atom is 0.419 e. The lowest BCUT2D eigenvalue weighted by Crippen LogP contribution is -2.36. The molecule has 1 N–H and O–H groups in total. The maximum atomic E-state index is 14.1. The molecule has 12 heteroatoms. The standard InChI is InChI=1S/C24H18ClF5N2O3S/c25-18-8-6-15-13-32(36(34,35)21-4-2-1-3-19(21)26)10-9-16(15)23(18)31-22(33)12-14-5-7-17(20(27)11-14)24(28,29)30/h1-8,11H,9-10,12-13H2,(H,31,33). The summed E-state index contributed by atoms with van der Waals surface area (Å²) in [6.45, 7) is -0.0901. The molecule has 0 saturated heterocycles. The van der Waals surface area contributed by atoms with Gasteiger partial charge in [0.15, 0.2) is 0 Å². The summed E-state index contributed by atoms with van der Waals surface area (Å²) >= 11 is 6.27. The molecule has 5 nitrogen and oxygen atoms in total. The highest BCUT2D eigenvalue weighted by molar-refractivity contribution is 7.89. The molecule has 0 atom stereocenters. The van der Waals surface area contributed by atoms with E-state index in [9.17, 15) is 35.2 Å². The number of amides is 1. The van der Waals surface area contributed by atoms with Crippen LogP contribution >= 0.6 is 11.6 Å². The number of hydrogen-bond acceptors (Lipinski definition) is 3. The minimum atomic E-state index is -4.85. The van der Waals surface area contributed by atoms with Crippen molar-refractivity contribution in [3.8, 4) is 0 Å². The number of hydrogen-bond donors (Lipinski definition) is 1. The molecule has 0 saturated carbocycles. The number of anilines is 1. The molecular formula is C24H18ClF5N2O3S. The van der Waals surface area contributed by atoms with E-state index >= 15 is 0 Å². The summed E-state index contributed by atoms with van der Waals surface area (Å²) in [6.07, 6.45) is -5.11. The van der Waals surface area contributed by atoms with Crippen LogP contribution in [0.2, 0.25) is 5.02 Å². The van der Waals surface area contributed by atoms with E-state index in [2.05, 4.69) is 5.32 Å². The fourth-order valence-electron chi connectivity index (χ4n) is 4.00. The first-order valence-electron chi connectivity index (χ1n) is 10.6. The molecule has 0 fully saturated rings. The second-order valence-electron chi connectivity index (χ2n) is 8.12. The van der Waals surface area contributed by atoms with Gasteiger partial charge in [-0.15, -0.1) is 0 Å². The van der Waals surface area contributed by atoms with Gasteiger partial charge in [0.1, 0.15) is 16.5 Å². The predicted octanol–water partition coefficient (Wildman–Crippen LogP) is 5.57. The number of sulfonamides is 1. The van der Waals surface area contributed by atoms with Gasteiger partial charge < -0.3 is 5.32 Å². The molecule has 0 unspecified atom stereocenters. The molecule has 4 rings (SSSR count). The van der Waals surface area contributed by atoms with E-state index in [1.165, 1.54) is 24.3 Å². The van der Waals surface area contributed by atoms with Crippen molar-refractivity contribution in [2.75, 3.05) is 11.9 Å². The average Bonchev–Trinajstić information content (AvgIpc) is 2.80. The highest BCUT2D eigenvalue weighted by Gasteiger charge is 2.34. The molecule has 1 amide bonds. The van der Waals surface area contributed by atoms with Crippen LogP contribution in [0.1, 0.15) is 22.3 Å². The zero-order chi connectivity index (χ0) is 26.3. The Balaban J connectivity index is 1.54. The van der Waals surface area contributed by atoms with Gasteiger partial charge in [-0.25, -0.2) is 17.2 Å². The molecule has 1 aliphatic heterocycles. The van der Waals surface area contributed by atoms with Crippen molar-refractivity contribution in [2.45, 2.75) is 30.5 Å². The number of halogens is 6. The molecule has 3 aromatic carbocycles. The minimum absolute atomic E-state index is 0.00298. The number of benzene rings is 3. The Labute approximate surface area is 208 Å². The number of nitrogens with one attached hydrogen (secondary N) is 1. The van der Waals surface area contributed by atoms with Crippen molar-refractivity contribution >= 4 is 33.2 Å². The summed E-state index contributed by atoms with van der Waals surface area (Å²) in [5.41, 5.74) is -0.0480. The Hall–Kier alpha value is -3.02. The Morgan fingerprint density at radius 2 is 1.75 bits per heavy atom. The van der Waals surface area contributed by atoms with E-state index in [4.69, 9.17) is 11.6 Å². The van der Waals surface area contributed by atoms with E-state index in [0.29, 0.717) is 23.3 Å². The number of rotatable bonds is 5. The van der Waals surface area contributed by atoms with Crippen LogP contribution in [0.5, 0.6) is 0 Å². The van der Waals surface area contributed by atoms with Gasteiger partial charge in [-0.2, -0.15) is 17.5 Å². The lowest BCUT2D eigenvalue weighted by atomic mass is 9.98. The molecule has 1 heterocycles. The van der Waals surface area contributed by atoms with Gasteiger partial charge in [-0.05, 0) is 53.4 Å². The molecule has 0 aromatic heterocycles. The van der Waals surface area contributed by atoms with Crippen LogP contribution in [0.4, 0.5) is 27.6 Å². The fraction of sp³-hybridized carbons (Fsp3) is 0.208. The zero-order valence-electron chi connectivity index (χ0n) is 18.4. The van der Waals surface area contributed by atoms with Crippen molar-refractivity contribution in [1.29, 1.82) is 0 Å². The zero-order valence-corrected chi connectivity index (χ0v) is 19.9. The van der Waals surface area contributed by atoms with Crippen molar-refractivity contribution in [3.63, 3.8) is 0 Å². The maximum absolute atomic E-state index is 14.1. The van der Waals surface area contributed by atoms with Gasteiger partial charge in [0, 0.05) is 13.1 Å². The molecule has 36 heavy (non-hydrogen) atoms. The van der Waals surface area contributed by atoms with Gasteiger partial charge >= 0.3 is 6.18 Å². The molecule has 0 aliphatic carbocycles. The van der Waals surface area contributed by atoms with E-state index < -0.39 is 50.6 Å². The van der Waals surface area contributed by atoms with Crippen LogP contribution in [-0.4, -0.2) is 25.2 Å². The molecule has 190 valence electrons. The van der Waals surface area contributed by atoms with Gasteiger partial charge in [0.2, 0.25) is 15.9 Å². The third kappa shape index (κ3) is 5.23. The quantitative estimate of drug-likeness (QED) is 0.427. The highest BCUT2D eigenvalue weighted by Crippen LogP contribution is 2.35. The van der Waals surface area contributed by atoms with Gasteiger partial charge in [-0.1, -0.05) is 35.9 Å². The van der Waals surface area contributed by atoms with Crippen LogP contribution < -0.4 is 5.32 Å². The van der Waals surface area contributed by atoms with Crippen LogP contribution in [0, 0.1) is 11.6 Å². The summed E-state index contributed by atoms with van der Waals surface area (Å²) in [4.78, 5) is 12.2. The lowest BCUT2D eigenvalue weighted by Gasteiger charge is -2.30.